The Morgan fingerprint density at radius 1 is 1.12 bits per heavy atom. The summed E-state index contributed by atoms with van der Waals surface area (Å²) in [4.78, 5) is 27.3. The van der Waals surface area contributed by atoms with Gasteiger partial charge in [0.15, 0.2) is 0 Å². The van der Waals surface area contributed by atoms with Crippen LogP contribution >= 0.6 is 0 Å². The van der Waals surface area contributed by atoms with E-state index in [0.29, 0.717) is 11.3 Å². The Kier molecular flexibility index (Phi) is 4.22. The number of rotatable bonds is 2. The molecule has 0 bridgehead atoms. The first kappa shape index (κ1) is 17.2. The Morgan fingerprint density at radius 2 is 1.81 bits per heavy atom. The minimum Gasteiger partial charge on any atom is -0.360 e. The van der Waals surface area contributed by atoms with E-state index < -0.39 is 23.1 Å². The average molecular weight is 357 g/mol. The fourth-order valence-corrected chi connectivity index (χ4v) is 2.39. The third-order valence-corrected chi connectivity index (χ3v) is 3.72. The monoisotopic (exact) mass is 357 g/mol. The van der Waals surface area contributed by atoms with E-state index in [-0.39, 0.29) is 16.5 Å². The van der Waals surface area contributed by atoms with Crippen molar-refractivity contribution < 1.29 is 18.0 Å². The minimum atomic E-state index is -4.53. The van der Waals surface area contributed by atoms with Gasteiger partial charge in [-0.2, -0.15) is 18.4 Å². The zero-order valence-corrected chi connectivity index (χ0v) is 13.0. The number of anilines is 1. The summed E-state index contributed by atoms with van der Waals surface area (Å²) in [6.45, 7) is 0. The smallest absolute Gasteiger partial charge is 0.360 e. The van der Waals surface area contributed by atoms with Gasteiger partial charge >= 0.3 is 6.18 Å². The molecule has 0 radical (unpaired) electrons. The summed E-state index contributed by atoms with van der Waals surface area (Å²) < 4.78 is 38.2. The molecular formula is C18H10F3N3O2. The predicted molar refractivity (Wildman–Crippen MR) is 88.7 cm³/mol. The molecular weight excluding hydrogens is 347 g/mol. The number of nitriles is 1. The first-order chi connectivity index (χ1) is 12.3. The highest BCUT2D eigenvalue weighted by molar-refractivity contribution is 6.05. The van der Waals surface area contributed by atoms with Crippen LogP contribution in [0.2, 0.25) is 0 Å². The Labute approximate surface area is 144 Å². The number of alkyl halides is 3. The molecule has 1 heterocycles. The van der Waals surface area contributed by atoms with Gasteiger partial charge in [-0.25, -0.2) is 0 Å². The van der Waals surface area contributed by atoms with E-state index in [9.17, 15) is 22.8 Å². The Bertz CT molecular complexity index is 1090. The van der Waals surface area contributed by atoms with Crippen LogP contribution in [0, 0.1) is 11.3 Å². The molecule has 1 amide bonds. The summed E-state index contributed by atoms with van der Waals surface area (Å²) >= 11 is 0. The van der Waals surface area contributed by atoms with Crippen molar-refractivity contribution in [3.05, 3.63) is 75.6 Å². The van der Waals surface area contributed by atoms with Crippen LogP contribution in [0.15, 0.2) is 53.5 Å². The highest BCUT2D eigenvalue weighted by atomic mass is 19.4. The number of nitrogens with one attached hydrogen (secondary N) is 2. The van der Waals surface area contributed by atoms with Crippen molar-refractivity contribution in [2.75, 3.05) is 5.32 Å². The third-order valence-electron chi connectivity index (χ3n) is 3.72. The van der Waals surface area contributed by atoms with Crippen molar-refractivity contribution in [3.8, 4) is 6.07 Å². The first-order valence-corrected chi connectivity index (χ1v) is 7.34. The maximum absolute atomic E-state index is 12.7. The maximum atomic E-state index is 12.7. The van der Waals surface area contributed by atoms with E-state index in [1.165, 1.54) is 24.3 Å². The fraction of sp³-hybridized carbons (Fsp3) is 0.0556. The van der Waals surface area contributed by atoms with Crippen molar-refractivity contribution in [2.24, 2.45) is 0 Å². The van der Waals surface area contributed by atoms with Crippen LogP contribution in [0.1, 0.15) is 21.5 Å². The molecule has 130 valence electrons. The van der Waals surface area contributed by atoms with Crippen molar-refractivity contribution in [2.45, 2.75) is 6.18 Å². The largest absolute Gasteiger partial charge is 0.416 e. The molecule has 0 aliphatic carbocycles. The Balaban J connectivity index is 1.94. The second-order valence-electron chi connectivity index (χ2n) is 5.43. The zero-order chi connectivity index (χ0) is 18.9. The number of aromatic nitrogens is 1. The van der Waals surface area contributed by atoms with Gasteiger partial charge in [0.25, 0.3) is 5.91 Å². The van der Waals surface area contributed by atoms with Crippen molar-refractivity contribution >= 4 is 22.5 Å². The molecule has 3 aromatic rings. The van der Waals surface area contributed by atoms with E-state index >= 15 is 0 Å². The summed E-state index contributed by atoms with van der Waals surface area (Å²) in [6.07, 6.45) is -3.46. The molecule has 0 saturated carbocycles. The van der Waals surface area contributed by atoms with Crippen LogP contribution in [0.25, 0.3) is 10.9 Å². The normalized spacial score (nSPS) is 11.2. The zero-order valence-electron chi connectivity index (χ0n) is 13.0. The molecule has 5 nitrogen and oxygen atoms in total. The van der Waals surface area contributed by atoms with Crippen LogP contribution in [0.5, 0.6) is 0 Å². The lowest BCUT2D eigenvalue weighted by atomic mass is 10.1. The van der Waals surface area contributed by atoms with E-state index in [1.54, 1.807) is 0 Å². The average Bonchev–Trinajstić information content (AvgIpc) is 2.61. The second-order valence-corrected chi connectivity index (χ2v) is 5.43. The molecule has 26 heavy (non-hydrogen) atoms. The number of hydrogen-bond acceptors (Lipinski definition) is 3. The highest BCUT2D eigenvalue weighted by Crippen LogP contribution is 2.30. The summed E-state index contributed by atoms with van der Waals surface area (Å²) in [7, 11) is 0. The lowest BCUT2D eigenvalue weighted by Gasteiger charge is -2.09. The fourth-order valence-electron chi connectivity index (χ4n) is 2.39. The summed E-state index contributed by atoms with van der Waals surface area (Å²) in [5.41, 5.74) is -1.04. The third kappa shape index (κ3) is 3.28. The molecule has 0 aliphatic heterocycles. The van der Waals surface area contributed by atoms with E-state index in [2.05, 4.69) is 10.3 Å². The van der Waals surface area contributed by atoms with E-state index in [1.807, 2.05) is 6.07 Å². The van der Waals surface area contributed by atoms with E-state index in [0.717, 1.165) is 24.4 Å². The van der Waals surface area contributed by atoms with Crippen LogP contribution in [0.3, 0.4) is 0 Å². The molecule has 2 aromatic carbocycles. The van der Waals surface area contributed by atoms with Gasteiger partial charge in [-0.15, -0.1) is 0 Å². The number of H-pyrrole nitrogens is 1. The molecule has 2 N–H and O–H groups in total. The van der Waals surface area contributed by atoms with Gasteiger partial charge in [0.1, 0.15) is 5.56 Å². The number of fused-ring (bicyclic) bond motifs is 1. The van der Waals surface area contributed by atoms with Gasteiger partial charge in [0.05, 0.1) is 17.2 Å². The number of halogens is 3. The topological polar surface area (TPSA) is 85.8 Å². The SMILES string of the molecule is N#Cc1ccc(NC(=O)c2c[nH]c3cc(C(F)(F)F)ccc3c2=O)cc1. The lowest BCUT2D eigenvalue weighted by molar-refractivity contribution is -0.137. The van der Waals surface area contributed by atoms with Gasteiger partial charge in [-0.3, -0.25) is 9.59 Å². The molecule has 0 atom stereocenters. The Hall–Kier alpha value is -3.60. The van der Waals surface area contributed by atoms with Crippen LogP contribution in [-0.2, 0) is 6.18 Å². The number of carbonyl (C=O) groups is 1. The van der Waals surface area contributed by atoms with Crippen LogP contribution < -0.4 is 10.7 Å². The minimum absolute atomic E-state index is 0.0141. The summed E-state index contributed by atoms with van der Waals surface area (Å²) in [6, 6.07) is 10.6. The molecule has 3 rings (SSSR count). The number of aromatic amines is 1. The van der Waals surface area contributed by atoms with Gasteiger partial charge in [-0.05, 0) is 42.5 Å². The van der Waals surface area contributed by atoms with Gasteiger partial charge in [0.2, 0.25) is 5.43 Å². The predicted octanol–water partition coefficient (Wildman–Crippen LogP) is 3.67. The quantitative estimate of drug-likeness (QED) is 0.734. The molecule has 0 unspecified atom stereocenters. The molecule has 0 saturated heterocycles. The lowest BCUT2D eigenvalue weighted by Crippen LogP contribution is -2.22. The van der Waals surface area contributed by atoms with Crippen LogP contribution in [0.4, 0.5) is 18.9 Å². The summed E-state index contributed by atoms with van der Waals surface area (Å²) in [5, 5.41) is 11.2. The second kappa shape index (κ2) is 6.37. The van der Waals surface area contributed by atoms with Crippen molar-refractivity contribution in [1.29, 1.82) is 5.26 Å². The van der Waals surface area contributed by atoms with Crippen LogP contribution in [-0.4, -0.2) is 10.9 Å². The van der Waals surface area contributed by atoms with Gasteiger partial charge in [-0.1, -0.05) is 0 Å². The molecule has 1 aromatic heterocycles. The maximum Gasteiger partial charge on any atom is 0.416 e. The Morgan fingerprint density at radius 3 is 2.42 bits per heavy atom. The standard InChI is InChI=1S/C18H10F3N3O2/c19-18(20,21)11-3-6-13-15(7-11)23-9-14(16(13)25)17(26)24-12-4-1-10(8-22)2-5-12/h1-7,9H,(H,23,25)(H,24,26). The van der Waals surface area contributed by atoms with E-state index in [4.69, 9.17) is 5.26 Å². The first-order valence-electron chi connectivity index (χ1n) is 7.34. The highest BCUT2D eigenvalue weighted by Gasteiger charge is 2.30. The molecule has 8 heteroatoms. The van der Waals surface area contributed by atoms with Crippen molar-refractivity contribution in [3.63, 3.8) is 0 Å². The summed E-state index contributed by atoms with van der Waals surface area (Å²) in [5.74, 6) is -0.710. The van der Waals surface area contributed by atoms with Crippen molar-refractivity contribution in [1.82, 2.24) is 4.98 Å². The molecule has 0 fully saturated rings. The number of carbonyl (C=O) groups excluding carboxylic acids is 1. The number of pyridine rings is 1. The molecule has 0 aliphatic rings. The number of nitrogens with zero attached hydrogens (tertiary/aromatic N) is 1. The number of hydrogen-bond donors (Lipinski definition) is 2. The van der Waals surface area contributed by atoms with Gasteiger partial charge in [0, 0.05) is 22.8 Å². The molecule has 0 spiro atoms. The number of amides is 1. The van der Waals surface area contributed by atoms with Gasteiger partial charge < -0.3 is 10.3 Å². The number of benzene rings is 2.